The van der Waals surface area contributed by atoms with Gasteiger partial charge in [-0.2, -0.15) is 4.98 Å². The fraction of sp³-hybridized carbons (Fsp3) is 0.148. The molecule has 34 heavy (non-hydrogen) atoms. The van der Waals surface area contributed by atoms with Gasteiger partial charge in [-0.3, -0.25) is 4.90 Å². The minimum atomic E-state index is -0.225. The van der Waals surface area contributed by atoms with Crippen LogP contribution < -0.4 is 10.2 Å². The maximum atomic E-state index is 6.04. The van der Waals surface area contributed by atoms with Crippen molar-refractivity contribution in [1.82, 2.24) is 15.5 Å². The highest BCUT2D eigenvalue weighted by Crippen LogP contribution is 2.39. The van der Waals surface area contributed by atoms with E-state index in [-0.39, 0.29) is 6.04 Å². The molecule has 4 aromatic rings. The van der Waals surface area contributed by atoms with Gasteiger partial charge in [0.25, 0.3) is 5.89 Å². The Balaban J connectivity index is 1.63. The highest BCUT2D eigenvalue weighted by Gasteiger charge is 2.34. The monoisotopic (exact) mass is 486 g/mol. The van der Waals surface area contributed by atoms with Gasteiger partial charge < -0.3 is 9.84 Å². The smallest absolute Gasteiger partial charge is 0.258 e. The van der Waals surface area contributed by atoms with E-state index >= 15 is 0 Å². The molecule has 0 saturated carbocycles. The minimum Gasteiger partial charge on any atom is -0.351 e. The van der Waals surface area contributed by atoms with Crippen LogP contribution in [0, 0.1) is 0 Å². The molecule has 0 aliphatic carbocycles. The fourth-order valence-electron chi connectivity index (χ4n) is 4.15. The summed E-state index contributed by atoms with van der Waals surface area (Å²) in [6.45, 7) is 4.18. The first-order valence-electron chi connectivity index (χ1n) is 11.1. The van der Waals surface area contributed by atoms with E-state index in [1.54, 1.807) is 0 Å². The first-order valence-corrected chi connectivity index (χ1v) is 11.9. The van der Waals surface area contributed by atoms with Crippen LogP contribution in [0.4, 0.5) is 5.69 Å². The van der Waals surface area contributed by atoms with Gasteiger partial charge in [0.1, 0.15) is 0 Å². The number of anilines is 1. The zero-order valence-corrected chi connectivity index (χ0v) is 20.4. The zero-order chi connectivity index (χ0) is 23.7. The second-order valence-electron chi connectivity index (χ2n) is 8.08. The number of hydrogen-bond acceptors (Lipinski definition) is 4. The van der Waals surface area contributed by atoms with E-state index in [0.717, 1.165) is 34.5 Å². The molecule has 3 aromatic carbocycles. The van der Waals surface area contributed by atoms with Crippen molar-refractivity contribution in [2.45, 2.75) is 26.3 Å². The molecule has 0 fully saturated rings. The Morgan fingerprint density at radius 3 is 2.38 bits per heavy atom. The first-order chi connectivity index (χ1) is 16.5. The van der Waals surface area contributed by atoms with E-state index in [9.17, 15) is 0 Å². The van der Waals surface area contributed by atoms with Gasteiger partial charge in [0.15, 0.2) is 5.11 Å². The van der Waals surface area contributed by atoms with Crippen LogP contribution in [0.15, 0.2) is 89.1 Å². The quantitative estimate of drug-likeness (QED) is 0.312. The topological polar surface area (TPSA) is 54.2 Å². The molecule has 170 valence electrons. The number of benzene rings is 3. The van der Waals surface area contributed by atoms with Crippen molar-refractivity contribution in [3.8, 4) is 11.4 Å². The third-order valence-corrected chi connectivity index (χ3v) is 6.53. The van der Waals surface area contributed by atoms with Crippen molar-refractivity contribution in [3.63, 3.8) is 0 Å². The summed E-state index contributed by atoms with van der Waals surface area (Å²) in [5.41, 5.74) is 5.97. The van der Waals surface area contributed by atoms with Crippen LogP contribution in [0.25, 0.3) is 17.0 Å². The summed E-state index contributed by atoms with van der Waals surface area (Å²) in [5, 5.41) is 9.04. The Kier molecular flexibility index (Phi) is 6.18. The summed E-state index contributed by atoms with van der Waals surface area (Å²) < 4.78 is 5.81. The molecule has 0 bridgehead atoms. The number of rotatable bonds is 5. The van der Waals surface area contributed by atoms with Crippen molar-refractivity contribution < 1.29 is 4.52 Å². The van der Waals surface area contributed by atoms with Gasteiger partial charge >= 0.3 is 0 Å². The SMILES string of the molecule is CCc1ccc(C2NC(=S)N(c3ccccc3)C(C)=C2c2nc(-c3ccc(Cl)cc3)no2)cc1. The van der Waals surface area contributed by atoms with Crippen LogP contribution in [-0.2, 0) is 6.42 Å². The molecule has 1 N–H and O–H groups in total. The van der Waals surface area contributed by atoms with Gasteiger partial charge in [0.2, 0.25) is 5.82 Å². The maximum absolute atomic E-state index is 6.04. The molecule has 2 heterocycles. The molecule has 0 saturated heterocycles. The summed E-state index contributed by atoms with van der Waals surface area (Å²) in [7, 11) is 0. The number of aryl methyl sites for hydroxylation is 1. The second kappa shape index (κ2) is 9.41. The average molecular weight is 487 g/mol. The number of halogens is 1. The van der Waals surface area contributed by atoms with Crippen molar-refractivity contribution in [2.24, 2.45) is 0 Å². The molecule has 0 spiro atoms. The van der Waals surface area contributed by atoms with Gasteiger partial charge in [-0.25, -0.2) is 0 Å². The number of thiocarbonyl (C=S) groups is 1. The largest absolute Gasteiger partial charge is 0.351 e. The summed E-state index contributed by atoms with van der Waals surface area (Å²) in [6, 6.07) is 25.7. The summed E-state index contributed by atoms with van der Waals surface area (Å²) in [4.78, 5) is 6.77. The minimum absolute atomic E-state index is 0.225. The van der Waals surface area contributed by atoms with Crippen molar-refractivity contribution >= 4 is 40.2 Å². The van der Waals surface area contributed by atoms with Crippen LogP contribution in [-0.4, -0.2) is 15.3 Å². The third kappa shape index (κ3) is 4.22. The second-order valence-corrected chi connectivity index (χ2v) is 8.90. The highest BCUT2D eigenvalue weighted by molar-refractivity contribution is 7.80. The van der Waals surface area contributed by atoms with Crippen LogP contribution in [0.5, 0.6) is 0 Å². The van der Waals surface area contributed by atoms with E-state index in [1.807, 2.05) is 66.4 Å². The standard InChI is InChI=1S/C27H23ClN4OS/c1-3-18-9-11-19(12-10-18)24-23(17(2)32(27(34)29-24)22-7-5-4-6-8-22)26-30-25(31-33-26)20-13-15-21(28)16-14-20/h4-16,24H,3H2,1-2H3,(H,29,34). The van der Waals surface area contributed by atoms with Crippen molar-refractivity contribution in [3.05, 3.63) is 107 Å². The van der Waals surface area contributed by atoms with E-state index in [2.05, 4.69) is 41.7 Å². The highest BCUT2D eigenvalue weighted by atomic mass is 35.5. The normalized spacial score (nSPS) is 16.0. The Morgan fingerprint density at radius 1 is 1.00 bits per heavy atom. The number of aromatic nitrogens is 2. The number of para-hydroxylation sites is 1. The lowest BCUT2D eigenvalue weighted by atomic mass is 9.93. The molecule has 1 aliphatic rings. The summed E-state index contributed by atoms with van der Waals surface area (Å²) in [6.07, 6.45) is 0.981. The van der Waals surface area contributed by atoms with Crippen LogP contribution in [0.3, 0.4) is 0 Å². The van der Waals surface area contributed by atoms with E-state index in [0.29, 0.717) is 21.9 Å². The van der Waals surface area contributed by atoms with Crippen molar-refractivity contribution in [1.29, 1.82) is 0 Å². The molecule has 1 aliphatic heterocycles. The van der Waals surface area contributed by atoms with Gasteiger partial charge in [-0.15, -0.1) is 0 Å². The molecule has 1 unspecified atom stereocenters. The Bertz CT molecular complexity index is 1350. The van der Waals surface area contributed by atoms with Crippen LogP contribution in [0.1, 0.15) is 36.9 Å². The van der Waals surface area contributed by atoms with Gasteiger partial charge in [-0.1, -0.05) is 66.1 Å². The molecule has 1 aromatic heterocycles. The van der Waals surface area contributed by atoms with Gasteiger partial charge in [0, 0.05) is 22.0 Å². The fourth-order valence-corrected chi connectivity index (χ4v) is 4.64. The first kappa shape index (κ1) is 22.3. The molecule has 7 heteroatoms. The molecule has 0 amide bonds. The predicted octanol–water partition coefficient (Wildman–Crippen LogP) is 6.82. The Morgan fingerprint density at radius 2 is 1.71 bits per heavy atom. The number of hydrogen-bond donors (Lipinski definition) is 1. The zero-order valence-electron chi connectivity index (χ0n) is 18.8. The molecule has 5 nitrogen and oxygen atoms in total. The predicted molar refractivity (Wildman–Crippen MR) is 141 cm³/mol. The van der Waals surface area contributed by atoms with Crippen LogP contribution >= 0.6 is 23.8 Å². The van der Waals surface area contributed by atoms with E-state index < -0.39 is 0 Å². The molecule has 1 atom stereocenters. The third-order valence-electron chi connectivity index (χ3n) is 5.98. The van der Waals surface area contributed by atoms with Gasteiger partial charge in [-0.05, 0) is 73.1 Å². The van der Waals surface area contributed by atoms with Crippen molar-refractivity contribution in [2.75, 3.05) is 4.90 Å². The molecule has 0 radical (unpaired) electrons. The lowest BCUT2D eigenvalue weighted by Crippen LogP contribution is -2.46. The Hall–Kier alpha value is -3.48. The average Bonchev–Trinajstić information content (AvgIpc) is 3.34. The summed E-state index contributed by atoms with van der Waals surface area (Å²) in [5.74, 6) is 0.953. The lowest BCUT2D eigenvalue weighted by Gasteiger charge is -2.37. The number of nitrogens with zero attached hydrogens (tertiary/aromatic N) is 3. The summed E-state index contributed by atoms with van der Waals surface area (Å²) >= 11 is 11.9. The van der Waals surface area contributed by atoms with Crippen LogP contribution in [0.2, 0.25) is 5.02 Å². The van der Waals surface area contributed by atoms with E-state index in [1.165, 1.54) is 5.56 Å². The molecular formula is C27H23ClN4OS. The molecule has 5 rings (SSSR count). The lowest BCUT2D eigenvalue weighted by molar-refractivity contribution is 0.404. The number of allylic oxidation sites excluding steroid dienone is 1. The van der Waals surface area contributed by atoms with Gasteiger partial charge in [0.05, 0.1) is 11.6 Å². The number of nitrogens with one attached hydrogen (secondary N) is 1. The molecular weight excluding hydrogens is 464 g/mol. The Labute approximate surface area is 209 Å². The van der Waals surface area contributed by atoms with E-state index in [4.69, 9.17) is 33.3 Å². The maximum Gasteiger partial charge on any atom is 0.258 e.